The summed E-state index contributed by atoms with van der Waals surface area (Å²) < 4.78 is 11.5. The lowest BCUT2D eigenvalue weighted by atomic mass is 9.71. The van der Waals surface area contributed by atoms with E-state index in [-0.39, 0.29) is 24.2 Å². The van der Waals surface area contributed by atoms with Crippen LogP contribution in [0.1, 0.15) is 37.2 Å². The first-order valence-corrected chi connectivity index (χ1v) is 8.63. The van der Waals surface area contributed by atoms with Crippen LogP contribution in [-0.2, 0) is 9.53 Å². The molecule has 0 unspecified atom stereocenters. The maximum atomic E-state index is 11.8. The SMILES string of the molecule is O=CN([C@@H]1C[C@H]2CC[C@@H]1O2)[C@@H](C[C@H]1COc2ccccc21)B(O)O. The molecule has 0 aliphatic carbocycles. The van der Waals surface area contributed by atoms with Crippen molar-refractivity contribution in [3.05, 3.63) is 29.8 Å². The molecule has 4 rings (SSSR count). The number of amides is 1. The summed E-state index contributed by atoms with van der Waals surface area (Å²) in [4.78, 5) is 13.3. The number of carbonyl (C=O) groups excluding carboxylic acids is 1. The third-order valence-corrected chi connectivity index (χ3v) is 5.63. The van der Waals surface area contributed by atoms with Gasteiger partial charge in [0.05, 0.1) is 30.8 Å². The molecule has 1 amide bonds. The molecule has 0 aromatic heterocycles. The molecule has 0 radical (unpaired) electrons. The molecule has 0 saturated carbocycles. The maximum Gasteiger partial charge on any atom is 0.475 e. The van der Waals surface area contributed by atoms with Crippen LogP contribution in [0.5, 0.6) is 5.75 Å². The molecule has 3 aliphatic rings. The van der Waals surface area contributed by atoms with E-state index >= 15 is 0 Å². The van der Waals surface area contributed by atoms with Gasteiger partial charge in [-0.3, -0.25) is 4.79 Å². The van der Waals surface area contributed by atoms with Crippen LogP contribution in [0.3, 0.4) is 0 Å². The Balaban J connectivity index is 1.53. The quantitative estimate of drug-likeness (QED) is 0.593. The van der Waals surface area contributed by atoms with Crippen molar-refractivity contribution in [2.45, 2.75) is 55.8 Å². The van der Waals surface area contributed by atoms with Crippen molar-refractivity contribution in [2.75, 3.05) is 6.61 Å². The Hall–Kier alpha value is -1.57. The Morgan fingerprint density at radius 1 is 1.33 bits per heavy atom. The van der Waals surface area contributed by atoms with Gasteiger partial charge in [0.2, 0.25) is 6.41 Å². The number of carbonyl (C=O) groups is 1. The van der Waals surface area contributed by atoms with Gasteiger partial charge < -0.3 is 24.4 Å². The molecule has 3 aliphatic heterocycles. The van der Waals surface area contributed by atoms with E-state index in [1.807, 2.05) is 24.3 Å². The minimum Gasteiger partial charge on any atom is -0.493 e. The summed E-state index contributed by atoms with van der Waals surface area (Å²) in [6, 6.07) is 7.72. The molecule has 2 N–H and O–H groups in total. The third kappa shape index (κ3) is 2.70. The zero-order valence-corrected chi connectivity index (χ0v) is 13.5. The minimum atomic E-state index is -1.58. The van der Waals surface area contributed by atoms with Crippen molar-refractivity contribution in [2.24, 2.45) is 0 Å². The smallest absolute Gasteiger partial charge is 0.475 e. The van der Waals surface area contributed by atoms with Crippen LogP contribution < -0.4 is 4.74 Å². The topological polar surface area (TPSA) is 79.2 Å². The van der Waals surface area contributed by atoms with E-state index in [9.17, 15) is 14.8 Å². The largest absolute Gasteiger partial charge is 0.493 e. The van der Waals surface area contributed by atoms with Gasteiger partial charge in [-0.2, -0.15) is 0 Å². The molecule has 1 aromatic carbocycles. The van der Waals surface area contributed by atoms with Crippen LogP contribution in [-0.4, -0.2) is 59.3 Å². The maximum absolute atomic E-state index is 11.8. The van der Waals surface area contributed by atoms with Crippen molar-refractivity contribution in [3.63, 3.8) is 0 Å². The fourth-order valence-corrected chi connectivity index (χ4v) is 4.44. The van der Waals surface area contributed by atoms with Gasteiger partial charge in [0.25, 0.3) is 0 Å². The molecule has 2 fully saturated rings. The molecular weight excluding hydrogens is 309 g/mol. The first-order valence-electron chi connectivity index (χ1n) is 8.63. The fourth-order valence-electron chi connectivity index (χ4n) is 4.44. The summed E-state index contributed by atoms with van der Waals surface area (Å²) in [5.74, 6) is 0.236. The second-order valence-corrected chi connectivity index (χ2v) is 6.99. The van der Waals surface area contributed by atoms with Crippen molar-refractivity contribution in [1.82, 2.24) is 4.90 Å². The van der Waals surface area contributed by atoms with Crippen LogP contribution in [0.15, 0.2) is 24.3 Å². The van der Waals surface area contributed by atoms with Gasteiger partial charge in [-0.15, -0.1) is 0 Å². The number of benzene rings is 1. The Bertz CT molecular complexity index is 612. The molecule has 3 heterocycles. The average Bonchev–Trinajstić information content (AvgIpc) is 3.30. The van der Waals surface area contributed by atoms with Crippen molar-refractivity contribution >= 4 is 13.5 Å². The van der Waals surface area contributed by atoms with Crippen molar-refractivity contribution in [3.8, 4) is 5.75 Å². The lowest BCUT2D eigenvalue weighted by Crippen LogP contribution is -2.54. The molecule has 2 bridgehead atoms. The Morgan fingerprint density at radius 2 is 2.17 bits per heavy atom. The molecule has 2 saturated heterocycles. The highest BCUT2D eigenvalue weighted by Crippen LogP contribution is 2.40. The van der Waals surface area contributed by atoms with Gasteiger partial charge in [-0.25, -0.2) is 0 Å². The monoisotopic (exact) mass is 331 g/mol. The number of hydrogen-bond acceptors (Lipinski definition) is 5. The van der Waals surface area contributed by atoms with Gasteiger partial charge in [0.1, 0.15) is 5.75 Å². The lowest BCUT2D eigenvalue weighted by Gasteiger charge is -2.36. The highest BCUT2D eigenvalue weighted by molar-refractivity contribution is 6.43. The summed E-state index contributed by atoms with van der Waals surface area (Å²) in [6.45, 7) is 0.502. The summed E-state index contributed by atoms with van der Waals surface area (Å²) in [5.41, 5.74) is 1.07. The van der Waals surface area contributed by atoms with Gasteiger partial charge in [-0.1, -0.05) is 18.2 Å². The summed E-state index contributed by atoms with van der Waals surface area (Å²) in [7, 11) is -1.58. The molecule has 5 atom stereocenters. The average molecular weight is 331 g/mol. The van der Waals surface area contributed by atoms with Crippen LogP contribution in [0.4, 0.5) is 0 Å². The number of ether oxygens (including phenoxy) is 2. The van der Waals surface area contributed by atoms with Gasteiger partial charge in [0, 0.05) is 11.5 Å². The molecule has 6 nitrogen and oxygen atoms in total. The van der Waals surface area contributed by atoms with E-state index in [0.717, 1.165) is 37.0 Å². The normalized spacial score (nSPS) is 31.4. The first kappa shape index (κ1) is 15.9. The zero-order valence-electron chi connectivity index (χ0n) is 13.5. The summed E-state index contributed by atoms with van der Waals surface area (Å²) in [5, 5.41) is 19.9. The van der Waals surface area contributed by atoms with E-state index < -0.39 is 13.1 Å². The molecular formula is C17H22BNO5. The van der Waals surface area contributed by atoms with E-state index in [0.29, 0.717) is 13.0 Å². The molecule has 0 spiro atoms. The molecule has 128 valence electrons. The highest BCUT2D eigenvalue weighted by Gasteiger charge is 2.47. The predicted molar refractivity (Wildman–Crippen MR) is 87.5 cm³/mol. The first-order chi connectivity index (χ1) is 11.7. The molecule has 1 aromatic rings. The highest BCUT2D eigenvalue weighted by atomic mass is 16.5. The standard InChI is InChI=1S/C17H22BNO5/c20-10-19(14-8-12-5-6-16(14)24-12)17(18(21)22)7-11-9-23-15-4-2-1-3-13(11)15/h1-4,10-12,14,16-17,21-22H,5-9H2/t11-,12+,14+,16-,17-/m0/s1. The lowest BCUT2D eigenvalue weighted by molar-refractivity contribution is -0.123. The fraction of sp³-hybridized carbons (Fsp3) is 0.588. The number of fused-ring (bicyclic) bond motifs is 3. The van der Waals surface area contributed by atoms with Gasteiger partial charge in [-0.05, 0) is 31.7 Å². The van der Waals surface area contributed by atoms with E-state index in [1.165, 1.54) is 0 Å². The number of para-hydroxylation sites is 1. The molecule has 24 heavy (non-hydrogen) atoms. The Morgan fingerprint density at radius 3 is 2.83 bits per heavy atom. The van der Waals surface area contributed by atoms with Crippen LogP contribution >= 0.6 is 0 Å². The van der Waals surface area contributed by atoms with Crippen molar-refractivity contribution < 1.29 is 24.3 Å². The van der Waals surface area contributed by atoms with E-state index in [2.05, 4.69) is 0 Å². The Kier molecular flexibility index (Phi) is 4.24. The second-order valence-electron chi connectivity index (χ2n) is 6.99. The molecule has 7 heteroatoms. The zero-order chi connectivity index (χ0) is 16.7. The van der Waals surface area contributed by atoms with E-state index in [1.54, 1.807) is 4.90 Å². The predicted octanol–water partition coefficient (Wildman–Crippen LogP) is 0.712. The van der Waals surface area contributed by atoms with Crippen LogP contribution in [0, 0.1) is 0 Å². The number of hydrogen-bond donors (Lipinski definition) is 2. The van der Waals surface area contributed by atoms with Crippen LogP contribution in [0.25, 0.3) is 0 Å². The number of rotatable bonds is 6. The summed E-state index contributed by atoms with van der Waals surface area (Å²) >= 11 is 0. The van der Waals surface area contributed by atoms with Crippen LogP contribution in [0.2, 0.25) is 0 Å². The van der Waals surface area contributed by atoms with Gasteiger partial charge in [0.15, 0.2) is 0 Å². The second kappa shape index (κ2) is 6.39. The summed E-state index contributed by atoms with van der Waals surface area (Å²) in [6.07, 6.45) is 4.18. The number of nitrogens with zero attached hydrogens (tertiary/aromatic N) is 1. The van der Waals surface area contributed by atoms with Crippen molar-refractivity contribution in [1.29, 1.82) is 0 Å². The van der Waals surface area contributed by atoms with E-state index in [4.69, 9.17) is 9.47 Å². The third-order valence-electron chi connectivity index (χ3n) is 5.63. The Labute approximate surface area is 141 Å². The van der Waals surface area contributed by atoms with Gasteiger partial charge >= 0.3 is 7.12 Å². The minimum absolute atomic E-state index is 0.0218.